The number of hydrogen-bond acceptors (Lipinski definition) is 3. The number of ether oxygens (including phenoxy) is 2. The SMILES string of the molecule is COC1(C2CCCCO2)CCN(Cc2ccccc2)C1. The molecular formula is C17H25NO2. The highest BCUT2D eigenvalue weighted by Gasteiger charge is 2.45. The first-order valence-corrected chi connectivity index (χ1v) is 7.75. The minimum Gasteiger partial charge on any atom is -0.375 e. The minimum atomic E-state index is -0.0881. The van der Waals surface area contributed by atoms with Crippen LogP contribution in [0.3, 0.4) is 0 Å². The summed E-state index contributed by atoms with van der Waals surface area (Å²) in [6.07, 6.45) is 4.98. The van der Waals surface area contributed by atoms with Gasteiger partial charge in [0.05, 0.1) is 6.10 Å². The van der Waals surface area contributed by atoms with Crippen LogP contribution < -0.4 is 0 Å². The molecule has 3 heteroatoms. The fraction of sp³-hybridized carbons (Fsp3) is 0.647. The van der Waals surface area contributed by atoms with Gasteiger partial charge >= 0.3 is 0 Å². The van der Waals surface area contributed by atoms with Crippen molar-refractivity contribution in [3.8, 4) is 0 Å². The molecule has 20 heavy (non-hydrogen) atoms. The number of likely N-dealkylation sites (tertiary alicyclic amines) is 1. The first-order valence-electron chi connectivity index (χ1n) is 7.75. The van der Waals surface area contributed by atoms with Crippen LogP contribution >= 0.6 is 0 Å². The zero-order chi connectivity index (χ0) is 13.8. The summed E-state index contributed by atoms with van der Waals surface area (Å²) < 4.78 is 11.9. The molecule has 2 aliphatic rings. The Labute approximate surface area is 121 Å². The van der Waals surface area contributed by atoms with E-state index in [2.05, 4.69) is 35.2 Å². The molecule has 110 valence electrons. The van der Waals surface area contributed by atoms with E-state index in [1.807, 2.05) is 7.11 Å². The van der Waals surface area contributed by atoms with E-state index >= 15 is 0 Å². The van der Waals surface area contributed by atoms with Crippen molar-refractivity contribution in [2.24, 2.45) is 0 Å². The van der Waals surface area contributed by atoms with Crippen molar-refractivity contribution >= 4 is 0 Å². The van der Waals surface area contributed by atoms with Gasteiger partial charge < -0.3 is 9.47 Å². The Morgan fingerprint density at radius 3 is 2.85 bits per heavy atom. The van der Waals surface area contributed by atoms with Crippen LogP contribution in [0.2, 0.25) is 0 Å². The molecule has 0 spiro atoms. The molecule has 0 saturated carbocycles. The van der Waals surface area contributed by atoms with Gasteiger partial charge in [-0.15, -0.1) is 0 Å². The third-order valence-electron chi connectivity index (χ3n) is 4.76. The van der Waals surface area contributed by atoms with E-state index in [4.69, 9.17) is 9.47 Å². The Hall–Kier alpha value is -0.900. The summed E-state index contributed by atoms with van der Waals surface area (Å²) in [6, 6.07) is 10.7. The topological polar surface area (TPSA) is 21.7 Å². The number of methoxy groups -OCH3 is 1. The van der Waals surface area contributed by atoms with Gasteiger partial charge in [0.1, 0.15) is 5.60 Å². The molecule has 2 atom stereocenters. The Kier molecular flexibility index (Phi) is 4.39. The molecule has 2 heterocycles. The van der Waals surface area contributed by atoms with Crippen molar-refractivity contribution in [1.82, 2.24) is 4.90 Å². The smallest absolute Gasteiger partial charge is 0.108 e. The maximum Gasteiger partial charge on any atom is 0.108 e. The summed E-state index contributed by atoms with van der Waals surface area (Å²) in [5.74, 6) is 0. The summed E-state index contributed by atoms with van der Waals surface area (Å²) in [4.78, 5) is 2.50. The molecule has 1 aromatic carbocycles. The van der Waals surface area contributed by atoms with E-state index in [0.29, 0.717) is 0 Å². The van der Waals surface area contributed by atoms with Crippen LogP contribution in [0.5, 0.6) is 0 Å². The van der Waals surface area contributed by atoms with Crippen LogP contribution in [0.1, 0.15) is 31.2 Å². The van der Waals surface area contributed by atoms with E-state index in [9.17, 15) is 0 Å². The van der Waals surface area contributed by atoms with Crippen LogP contribution in [0.15, 0.2) is 30.3 Å². The van der Waals surface area contributed by atoms with Crippen molar-refractivity contribution in [1.29, 1.82) is 0 Å². The quantitative estimate of drug-likeness (QED) is 0.843. The van der Waals surface area contributed by atoms with E-state index in [1.165, 1.54) is 18.4 Å². The monoisotopic (exact) mass is 275 g/mol. The van der Waals surface area contributed by atoms with Crippen molar-refractivity contribution in [2.75, 3.05) is 26.8 Å². The van der Waals surface area contributed by atoms with Crippen molar-refractivity contribution < 1.29 is 9.47 Å². The lowest BCUT2D eigenvalue weighted by atomic mass is 9.90. The van der Waals surface area contributed by atoms with Crippen molar-refractivity contribution in [3.05, 3.63) is 35.9 Å². The van der Waals surface area contributed by atoms with Crippen LogP contribution in [0.4, 0.5) is 0 Å². The highest BCUT2D eigenvalue weighted by molar-refractivity contribution is 5.15. The van der Waals surface area contributed by atoms with Crippen molar-refractivity contribution in [3.63, 3.8) is 0 Å². The molecular weight excluding hydrogens is 250 g/mol. The fourth-order valence-corrected chi connectivity index (χ4v) is 3.58. The number of hydrogen-bond donors (Lipinski definition) is 0. The van der Waals surface area contributed by atoms with E-state index in [-0.39, 0.29) is 11.7 Å². The molecule has 1 aromatic rings. The molecule has 2 fully saturated rings. The summed E-state index contributed by atoms with van der Waals surface area (Å²) in [7, 11) is 1.85. The molecule has 0 radical (unpaired) electrons. The van der Waals surface area contributed by atoms with Gasteiger partial charge in [0, 0.05) is 33.4 Å². The average molecular weight is 275 g/mol. The summed E-state index contributed by atoms with van der Waals surface area (Å²) in [5, 5.41) is 0. The Bertz CT molecular complexity index is 416. The molecule has 2 aliphatic heterocycles. The zero-order valence-electron chi connectivity index (χ0n) is 12.4. The maximum atomic E-state index is 6.00. The molecule has 0 bridgehead atoms. The average Bonchev–Trinajstić information content (AvgIpc) is 2.94. The molecule has 0 N–H and O–H groups in total. The minimum absolute atomic E-state index is 0.0881. The van der Waals surface area contributed by atoms with Gasteiger partial charge in [-0.1, -0.05) is 30.3 Å². The molecule has 3 rings (SSSR count). The second kappa shape index (κ2) is 6.25. The van der Waals surface area contributed by atoms with Crippen molar-refractivity contribution in [2.45, 2.75) is 43.9 Å². The predicted molar refractivity (Wildman–Crippen MR) is 79.7 cm³/mol. The normalized spacial score (nSPS) is 31.6. The summed E-state index contributed by atoms with van der Waals surface area (Å²) in [6.45, 7) is 4.00. The van der Waals surface area contributed by atoms with Crippen LogP contribution in [0.25, 0.3) is 0 Å². The standard InChI is InChI=1S/C17H25NO2/c1-19-17(16-9-5-6-12-20-16)10-11-18(14-17)13-15-7-3-2-4-8-15/h2-4,7-8,16H,5-6,9-14H2,1H3. The van der Waals surface area contributed by atoms with Gasteiger partial charge in [-0.2, -0.15) is 0 Å². The second-order valence-electron chi connectivity index (χ2n) is 6.07. The van der Waals surface area contributed by atoms with E-state index in [0.717, 1.165) is 39.1 Å². The third kappa shape index (κ3) is 2.90. The highest BCUT2D eigenvalue weighted by Crippen LogP contribution is 2.35. The maximum absolute atomic E-state index is 6.00. The van der Waals surface area contributed by atoms with Gasteiger partial charge in [0.2, 0.25) is 0 Å². The molecule has 3 nitrogen and oxygen atoms in total. The van der Waals surface area contributed by atoms with Gasteiger partial charge in [-0.05, 0) is 31.2 Å². The Balaban J connectivity index is 1.64. The largest absolute Gasteiger partial charge is 0.375 e. The number of benzene rings is 1. The lowest BCUT2D eigenvalue weighted by Crippen LogP contribution is -2.49. The molecule has 2 unspecified atom stereocenters. The molecule has 0 aromatic heterocycles. The van der Waals surface area contributed by atoms with Crippen LogP contribution in [-0.4, -0.2) is 43.4 Å². The third-order valence-corrected chi connectivity index (χ3v) is 4.76. The lowest BCUT2D eigenvalue weighted by molar-refractivity contribution is -0.138. The van der Waals surface area contributed by atoms with Gasteiger partial charge in [0.25, 0.3) is 0 Å². The van der Waals surface area contributed by atoms with E-state index < -0.39 is 0 Å². The molecule has 0 aliphatic carbocycles. The summed E-state index contributed by atoms with van der Waals surface area (Å²) >= 11 is 0. The number of rotatable bonds is 4. The second-order valence-corrected chi connectivity index (χ2v) is 6.07. The predicted octanol–water partition coefficient (Wildman–Crippen LogP) is 2.85. The van der Waals surface area contributed by atoms with Gasteiger partial charge in [-0.3, -0.25) is 4.90 Å². The Morgan fingerprint density at radius 1 is 1.30 bits per heavy atom. The number of nitrogens with zero attached hydrogens (tertiary/aromatic N) is 1. The molecule has 2 saturated heterocycles. The van der Waals surface area contributed by atoms with Crippen LogP contribution in [-0.2, 0) is 16.0 Å². The summed E-state index contributed by atoms with van der Waals surface area (Å²) in [5.41, 5.74) is 1.29. The lowest BCUT2D eigenvalue weighted by Gasteiger charge is -2.38. The van der Waals surface area contributed by atoms with Crippen LogP contribution in [0, 0.1) is 0 Å². The first-order chi connectivity index (χ1) is 9.82. The van der Waals surface area contributed by atoms with Gasteiger partial charge in [-0.25, -0.2) is 0 Å². The fourth-order valence-electron chi connectivity index (χ4n) is 3.58. The zero-order valence-corrected chi connectivity index (χ0v) is 12.4. The van der Waals surface area contributed by atoms with Gasteiger partial charge in [0.15, 0.2) is 0 Å². The Morgan fingerprint density at radius 2 is 2.15 bits per heavy atom. The molecule has 0 amide bonds. The van der Waals surface area contributed by atoms with E-state index in [1.54, 1.807) is 0 Å². The first kappa shape index (κ1) is 14.1. The highest BCUT2D eigenvalue weighted by atomic mass is 16.5.